The second-order valence-corrected chi connectivity index (χ2v) is 7.26. The Labute approximate surface area is 142 Å². The van der Waals surface area contributed by atoms with Crippen LogP contribution in [0.1, 0.15) is 5.69 Å². The fourth-order valence-corrected chi connectivity index (χ4v) is 4.27. The standard InChI is InChI=1S/C15H16N6S2/c1-11-9-13(17-10-16-11)20-4-6-21(7-5-20)15-19-18-14(23-15)12-3-2-8-22-12/h2-3,8-10H,4-7H2,1H3. The predicted molar refractivity (Wildman–Crippen MR) is 94.4 cm³/mol. The smallest absolute Gasteiger partial charge is 0.208 e. The van der Waals surface area contributed by atoms with Crippen molar-refractivity contribution in [3.05, 3.63) is 35.6 Å². The average Bonchev–Trinajstić information content (AvgIpc) is 3.26. The number of aromatic nitrogens is 4. The lowest BCUT2D eigenvalue weighted by Crippen LogP contribution is -2.46. The molecule has 0 radical (unpaired) electrons. The van der Waals surface area contributed by atoms with Crippen molar-refractivity contribution in [2.75, 3.05) is 36.0 Å². The zero-order valence-electron chi connectivity index (χ0n) is 12.7. The van der Waals surface area contributed by atoms with Gasteiger partial charge in [-0.1, -0.05) is 17.4 Å². The zero-order valence-corrected chi connectivity index (χ0v) is 14.3. The van der Waals surface area contributed by atoms with Crippen LogP contribution >= 0.6 is 22.7 Å². The van der Waals surface area contributed by atoms with E-state index in [0.717, 1.165) is 47.8 Å². The second-order valence-electron chi connectivity index (χ2n) is 5.36. The molecule has 3 aromatic rings. The van der Waals surface area contributed by atoms with Crippen LogP contribution in [-0.2, 0) is 0 Å². The summed E-state index contributed by atoms with van der Waals surface area (Å²) in [5.41, 5.74) is 1.00. The molecule has 0 amide bonds. The maximum atomic E-state index is 4.37. The van der Waals surface area contributed by atoms with Crippen LogP contribution in [-0.4, -0.2) is 46.3 Å². The molecule has 23 heavy (non-hydrogen) atoms. The van der Waals surface area contributed by atoms with Crippen LogP contribution in [0.4, 0.5) is 10.9 Å². The summed E-state index contributed by atoms with van der Waals surface area (Å²) in [4.78, 5) is 14.3. The molecule has 0 atom stereocenters. The maximum absolute atomic E-state index is 4.37. The van der Waals surface area contributed by atoms with E-state index in [1.807, 2.05) is 19.1 Å². The van der Waals surface area contributed by atoms with E-state index < -0.39 is 0 Å². The van der Waals surface area contributed by atoms with Crippen LogP contribution in [0.5, 0.6) is 0 Å². The minimum atomic E-state index is 0.933. The molecule has 0 aliphatic carbocycles. The fourth-order valence-electron chi connectivity index (χ4n) is 2.58. The van der Waals surface area contributed by atoms with Crippen LogP contribution in [0.3, 0.4) is 0 Å². The van der Waals surface area contributed by atoms with Gasteiger partial charge in [0.1, 0.15) is 12.1 Å². The monoisotopic (exact) mass is 344 g/mol. The van der Waals surface area contributed by atoms with E-state index in [1.165, 1.54) is 4.88 Å². The molecule has 4 heterocycles. The molecule has 0 saturated carbocycles. The Morgan fingerprint density at radius 1 is 1.04 bits per heavy atom. The summed E-state index contributed by atoms with van der Waals surface area (Å²) in [6.07, 6.45) is 1.63. The first-order chi connectivity index (χ1) is 11.3. The van der Waals surface area contributed by atoms with Crippen LogP contribution in [0, 0.1) is 6.92 Å². The number of hydrogen-bond donors (Lipinski definition) is 0. The number of hydrogen-bond acceptors (Lipinski definition) is 8. The highest BCUT2D eigenvalue weighted by molar-refractivity contribution is 7.22. The van der Waals surface area contributed by atoms with Crippen molar-refractivity contribution in [1.29, 1.82) is 0 Å². The average molecular weight is 344 g/mol. The van der Waals surface area contributed by atoms with E-state index in [0.29, 0.717) is 0 Å². The van der Waals surface area contributed by atoms with Gasteiger partial charge in [0.15, 0.2) is 5.01 Å². The molecule has 0 bridgehead atoms. The molecule has 3 aromatic heterocycles. The van der Waals surface area contributed by atoms with Crippen molar-refractivity contribution in [2.24, 2.45) is 0 Å². The number of piperazine rings is 1. The molecule has 0 unspecified atom stereocenters. The van der Waals surface area contributed by atoms with E-state index in [2.05, 4.69) is 41.4 Å². The third kappa shape index (κ3) is 3.04. The largest absolute Gasteiger partial charge is 0.353 e. The van der Waals surface area contributed by atoms with Gasteiger partial charge in [0.05, 0.1) is 4.88 Å². The highest BCUT2D eigenvalue weighted by atomic mass is 32.1. The van der Waals surface area contributed by atoms with Gasteiger partial charge in [0, 0.05) is 37.9 Å². The predicted octanol–water partition coefficient (Wildman–Crippen LogP) is 2.69. The minimum absolute atomic E-state index is 0.933. The molecular formula is C15H16N6S2. The van der Waals surface area contributed by atoms with Crippen molar-refractivity contribution in [1.82, 2.24) is 20.2 Å². The zero-order chi connectivity index (χ0) is 15.6. The molecule has 0 N–H and O–H groups in total. The Kier molecular flexibility index (Phi) is 3.92. The first kappa shape index (κ1) is 14.5. The van der Waals surface area contributed by atoms with Gasteiger partial charge in [-0.15, -0.1) is 21.5 Å². The topological polar surface area (TPSA) is 58.0 Å². The molecule has 0 aromatic carbocycles. The van der Waals surface area contributed by atoms with Crippen molar-refractivity contribution in [3.8, 4) is 9.88 Å². The van der Waals surface area contributed by atoms with Gasteiger partial charge >= 0.3 is 0 Å². The lowest BCUT2D eigenvalue weighted by Gasteiger charge is -2.34. The Hall–Kier alpha value is -2.06. The molecule has 4 rings (SSSR count). The lowest BCUT2D eigenvalue weighted by atomic mass is 10.3. The molecule has 1 fully saturated rings. The molecule has 1 aliphatic heterocycles. The van der Waals surface area contributed by atoms with E-state index in [-0.39, 0.29) is 0 Å². The van der Waals surface area contributed by atoms with Gasteiger partial charge in [0.25, 0.3) is 0 Å². The van der Waals surface area contributed by atoms with Gasteiger partial charge in [0.2, 0.25) is 5.13 Å². The molecule has 6 nitrogen and oxygen atoms in total. The van der Waals surface area contributed by atoms with Crippen LogP contribution in [0.2, 0.25) is 0 Å². The Balaban J connectivity index is 1.44. The minimum Gasteiger partial charge on any atom is -0.353 e. The number of aryl methyl sites for hydroxylation is 1. The first-order valence-electron chi connectivity index (χ1n) is 7.45. The summed E-state index contributed by atoms with van der Waals surface area (Å²) in [5, 5.41) is 12.8. The summed E-state index contributed by atoms with van der Waals surface area (Å²) in [6, 6.07) is 6.17. The van der Waals surface area contributed by atoms with E-state index >= 15 is 0 Å². The van der Waals surface area contributed by atoms with E-state index in [9.17, 15) is 0 Å². The highest BCUT2D eigenvalue weighted by Gasteiger charge is 2.21. The fraction of sp³-hybridized carbons (Fsp3) is 0.333. The van der Waals surface area contributed by atoms with Gasteiger partial charge in [-0.3, -0.25) is 0 Å². The SMILES string of the molecule is Cc1cc(N2CCN(c3nnc(-c4cccs4)s3)CC2)ncn1. The number of rotatable bonds is 3. The van der Waals surface area contributed by atoms with Crippen molar-refractivity contribution < 1.29 is 0 Å². The normalized spacial score (nSPS) is 15.2. The molecule has 1 saturated heterocycles. The summed E-state index contributed by atoms with van der Waals surface area (Å²) in [5.74, 6) is 1.01. The first-order valence-corrected chi connectivity index (χ1v) is 9.15. The van der Waals surface area contributed by atoms with Gasteiger partial charge in [-0.25, -0.2) is 9.97 Å². The van der Waals surface area contributed by atoms with E-state index in [1.54, 1.807) is 29.0 Å². The number of anilines is 2. The summed E-state index contributed by atoms with van der Waals surface area (Å²) < 4.78 is 0. The Morgan fingerprint density at radius 2 is 1.87 bits per heavy atom. The lowest BCUT2D eigenvalue weighted by molar-refractivity contribution is 0.643. The van der Waals surface area contributed by atoms with Gasteiger partial charge < -0.3 is 9.80 Å². The second kappa shape index (κ2) is 6.21. The quantitative estimate of drug-likeness (QED) is 0.728. The number of nitrogens with zero attached hydrogens (tertiary/aromatic N) is 6. The highest BCUT2D eigenvalue weighted by Crippen LogP contribution is 2.32. The third-order valence-corrected chi connectivity index (χ3v) is 5.83. The molecule has 8 heteroatoms. The third-order valence-electron chi connectivity index (χ3n) is 3.81. The molecule has 118 valence electrons. The summed E-state index contributed by atoms with van der Waals surface area (Å²) in [7, 11) is 0. The molecule has 1 aliphatic rings. The van der Waals surface area contributed by atoms with E-state index in [4.69, 9.17) is 0 Å². The van der Waals surface area contributed by atoms with Crippen molar-refractivity contribution in [2.45, 2.75) is 6.92 Å². The van der Waals surface area contributed by atoms with Crippen molar-refractivity contribution in [3.63, 3.8) is 0 Å². The van der Waals surface area contributed by atoms with Gasteiger partial charge in [-0.05, 0) is 18.4 Å². The Morgan fingerprint density at radius 3 is 2.61 bits per heavy atom. The van der Waals surface area contributed by atoms with Crippen LogP contribution in [0.15, 0.2) is 29.9 Å². The Bertz CT molecular complexity index is 777. The van der Waals surface area contributed by atoms with Crippen LogP contribution < -0.4 is 9.80 Å². The maximum Gasteiger partial charge on any atom is 0.208 e. The van der Waals surface area contributed by atoms with Crippen LogP contribution in [0.25, 0.3) is 9.88 Å². The summed E-state index contributed by atoms with van der Waals surface area (Å²) in [6.45, 7) is 5.73. The van der Waals surface area contributed by atoms with Gasteiger partial charge in [-0.2, -0.15) is 0 Å². The molecule has 0 spiro atoms. The summed E-state index contributed by atoms with van der Waals surface area (Å²) >= 11 is 3.37. The molecular weight excluding hydrogens is 328 g/mol. The van der Waals surface area contributed by atoms with Crippen molar-refractivity contribution >= 4 is 33.6 Å². The number of thiophene rings is 1.